The first-order chi connectivity index (χ1) is 6.18. The largest absolute Gasteiger partial charge is 0.366 e. The third-order valence-electron chi connectivity index (χ3n) is 2.57. The van der Waals surface area contributed by atoms with E-state index in [1.165, 1.54) is 6.07 Å². The molecular weight excluding hydrogens is 168 g/mol. The lowest BCUT2D eigenvalue weighted by atomic mass is 10.2. The molecule has 0 aromatic heterocycles. The van der Waals surface area contributed by atoms with Crippen molar-refractivity contribution in [2.45, 2.75) is 0 Å². The normalized spacial score (nSPS) is 19.6. The van der Waals surface area contributed by atoms with Gasteiger partial charge in [-0.1, -0.05) is 0 Å². The Bertz CT molecular complexity index is 371. The molecule has 13 heavy (non-hydrogen) atoms. The molecule has 0 atom stereocenters. The third-order valence-corrected chi connectivity index (χ3v) is 2.57. The van der Waals surface area contributed by atoms with E-state index in [9.17, 15) is 9.59 Å². The molecule has 0 N–H and O–H groups in total. The topological polar surface area (TPSA) is 40.6 Å². The lowest BCUT2D eigenvalue weighted by Gasteiger charge is -2.33. The van der Waals surface area contributed by atoms with Crippen molar-refractivity contribution in [2.24, 2.45) is 0 Å². The first kappa shape index (κ1) is 8.44. The van der Waals surface area contributed by atoms with Gasteiger partial charge in [0.1, 0.15) is 0 Å². The van der Waals surface area contributed by atoms with Gasteiger partial charge >= 0.3 is 0 Å². The summed E-state index contributed by atoms with van der Waals surface area (Å²) in [5.41, 5.74) is -0.0587. The monoisotopic (exact) mass is 180 g/mol. The zero-order valence-corrected chi connectivity index (χ0v) is 7.62. The average molecular weight is 180 g/mol. The standard InChI is InChI=1S/C9H12N2O2/c1-10-2-4-11(5-3-10)7-6-8(12)9(7)13/h6H,2-5H2,1H3. The minimum Gasteiger partial charge on any atom is -0.366 e. The number of hydrogen-bond acceptors (Lipinski definition) is 4. The Kier molecular flexibility index (Phi) is 1.92. The van der Waals surface area contributed by atoms with Gasteiger partial charge in [0.15, 0.2) is 0 Å². The van der Waals surface area contributed by atoms with Crippen molar-refractivity contribution in [3.8, 4) is 0 Å². The Balaban J connectivity index is 2.09. The van der Waals surface area contributed by atoms with E-state index < -0.39 is 0 Å². The molecule has 1 heterocycles. The molecule has 1 aromatic rings. The maximum atomic E-state index is 11.1. The molecule has 1 fully saturated rings. The first-order valence-electron chi connectivity index (χ1n) is 4.42. The highest BCUT2D eigenvalue weighted by molar-refractivity contribution is 5.50. The molecule has 70 valence electrons. The van der Waals surface area contributed by atoms with E-state index in [0.717, 1.165) is 26.2 Å². The fourth-order valence-electron chi connectivity index (χ4n) is 1.59. The summed E-state index contributed by atoms with van der Waals surface area (Å²) in [4.78, 5) is 26.0. The second-order valence-corrected chi connectivity index (χ2v) is 3.51. The Morgan fingerprint density at radius 2 is 1.77 bits per heavy atom. The molecule has 0 aliphatic carbocycles. The fourth-order valence-corrected chi connectivity index (χ4v) is 1.59. The highest BCUT2D eigenvalue weighted by Crippen LogP contribution is 2.09. The maximum absolute atomic E-state index is 11.1. The second kappa shape index (κ2) is 2.96. The molecule has 0 saturated carbocycles. The van der Waals surface area contributed by atoms with Crippen molar-refractivity contribution in [3.05, 3.63) is 26.5 Å². The quantitative estimate of drug-likeness (QED) is 0.522. The highest BCUT2D eigenvalue weighted by atomic mass is 16.2. The van der Waals surface area contributed by atoms with Crippen LogP contribution in [0.4, 0.5) is 5.69 Å². The predicted molar refractivity (Wildman–Crippen MR) is 51.1 cm³/mol. The zero-order chi connectivity index (χ0) is 9.42. The third kappa shape index (κ3) is 1.37. The number of piperazine rings is 1. The molecule has 1 aliphatic heterocycles. The van der Waals surface area contributed by atoms with Crippen molar-refractivity contribution in [2.75, 3.05) is 38.1 Å². The van der Waals surface area contributed by atoms with E-state index in [1.54, 1.807) is 0 Å². The van der Waals surface area contributed by atoms with Crippen molar-refractivity contribution in [1.82, 2.24) is 4.90 Å². The van der Waals surface area contributed by atoms with Gasteiger partial charge in [-0.15, -0.1) is 0 Å². The number of hydrogen-bond donors (Lipinski definition) is 0. The van der Waals surface area contributed by atoms with Gasteiger partial charge in [0, 0.05) is 32.2 Å². The molecule has 4 nitrogen and oxygen atoms in total. The SMILES string of the molecule is CN1CCN(c2cc(=O)c2=O)CC1. The van der Waals surface area contributed by atoms with E-state index in [4.69, 9.17) is 0 Å². The predicted octanol–water partition coefficient (Wildman–Crippen LogP) is -0.966. The lowest BCUT2D eigenvalue weighted by molar-refractivity contribution is 0.312. The summed E-state index contributed by atoms with van der Waals surface area (Å²) in [5.74, 6) is 0. The van der Waals surface area contributed by atoms with E-state index in [0.29, 0.717) is 5.69 Å². The van der Waals surface area contributed by atoms with E-state index in [2.05, 4.69) is 11.9 Å². The molecule has 1 aromatic carbocycles. The molecule has 0 spiro atoms. The van der Waals surface area contributed by atoms with Gasteiger partial charge in [-0.3, -0.25) is 9.59 Å². The van der Waals surface area contributed by atoms with Gasteiger partial charge in [0.05, 0.1) is 5.69 Å². The van der Waals surface area contributed by atoms with Crippen LogP contribution in [0, 0.1) is 0 Å². The number of nitrogens with zero attached hydrogens (tertiary/aromatic N) is 2. The summed E-state index contributed by atoms with van der Waals surface area (Å²) in [5, 5.41) is 0. The van der Waals surface area contributed by atoms with Crippen molar-refractivity contribution >= 4 is 5.69 Å². The van der Waals surface area contributed by atoms with Crippen LogP contribution >= 0.6 is 0 Å². The van der Waals surface area contributed by atoms with Crippen LogP contribution in [0.2, 0.25) is 0 Å². The number of likely N-dealkylation sites (N-methyl/N-ethyl adjacent to an activating group) is 1. The van der Waals surface area contributed by atoms with Gasteiger partial charge in [-0.25, -0.2) is 0 Å². The summed E-state index contributed by atoms with van der Waals surface area (Å²) in [6.07, 6.45) is 0. The van der Waals surface area contributed by atoms with Crippen molar-refractivity contribution in [3.63, 3.8) is 0 Å². The second-order valence-electron chi connectivity index (χ2n) is 3.51. The molecule has 0 amide bonds. The lowest BCUT2D eigenvalue weighted by Crippen LogP contribution is -2.49. The zero-order valence-electron chi connectivity index (χ0n) is 7.62. The van der Waals surface area contributed by atoms with Crippen LogP contribution < -0.4 is 15.8 Å². The molecule has 1 saturated heterocycles. The van der Waals surface area contributed by atoms with E-state index in [-0.39, 0.29) is 10.9 Å². The van der Waals surface area contributed by atoms with Crippen LogP contribution in [0.1, 0.15) is 0 Å². The maximum Gasteiger partial charge on any atom is 0.249 e. The van der Waals surface area contributed by atoms with Gasteiger partial charge in [0.2, 0.25) is 10.9 Å². The summed E-state index contributed by atoms with van der Waals surface area (Å²) >= 11 is 0. The Morgan fingerprint density at radius 3 is 2.23 bits per heavy atom. The first-order valence-corrected chi connectivity index (χ1v) is 4.42. The molecule has 0 bridgehead atoms. The summed E-state index contributed by atoms with van der Waals surface area (Å²) in [6, 6.07) is 1.44. The average Bonchev–Trinajstić information content (AvgIpc) is 2.15. The Morgan fingerprint density at radius 1 is 1.15 bits per heavy atom. The van der Waals surface area contributed by atoms with Crippen LogP contribution in [0.25, 0.3) is 0 Å². The molecular formula is C9H12N2O2. The van der Waals surface area contributed by atoms with Crippen LogP contribution in [0.3, 0.4) is 0 Å². The highest BCUT2D eigenvalue weighted by Gasteiger charge is 2.20. The van der Waals surface area contributed by atoms with Gasteiger partial charge in [-0.2, -0.15) is 0 Å². The van der Waals surface area contributed by atoms with Gasteiger partial charge in [-0.05, 0) is 7.05 Å². The smallest absolute Gasteiger partial charge is 0.249 e. The Labute approximate surface area is 76.1 Å². The summed E-state index contributed by atoms with van der Waals surface area (Å²) in [7, 11) is 2.06. The minimum absolute atomic E-state index is 0.315. The summed E-state index contributed by atoms with van der Waals surface area (Å²) < 4.78 is 0. The van der Waals surface area contributed by atoms with Crippen LogP contribution in [0.5, 0.6) is 0 Å². The van der Waals surface area contributed by atoms with Gasteiger partial charge in [0.25, 0.3) is 0 Å². The van der Waals surface area contributed by atoms with Crippen LogP contribution in [0.15, 0.2) is 15.7 Å². The van der Waals surface area contributed by atoms with Crippen molar-refractivity contribution in [1.29, 1.82) is 0 Å². The fraction of sp³-hybridized carbons (Fsp3) is 0.556. The van der Waals surface area contributed by atoms with E-state index >= 15 is 0 Å². The van der Waals surface area contributed by atoms with E-state index in [1.807, 2.05) is 4.90 Å². The molecule has 2 rings (SSSR count). The molecule has 4 heteroatoms. The van der Waals surface area contributed by atoms with Crippen LogP contribution in [-0.2, 0) is 0 Å². The molecule has 0 unspecified atom stereocenters. The summed E-state index contributed by atoms with van der Waals surface area (Å²) in [6.45, 7) is 3.61. The Hall–Kier alpha value is -1.16. The minimum atomic E-state index is -0.353. The molecule has 1 aliphatic rings. The van der Waals surface area contributed by atoms with Crippen molar-refractivity contribution < 1.29 is 0 Å². The van der Waals surface area contributed by atoms with Gasteiger partial charge < -0.3 is 9.80 Å². The number of anilines is 1. The number of rotatable bonds is 1. The van der Waals surface area contributed by atoms with Crippen LogP contribution in [-0.4, -0.2) is 38.1 Å². The molecule has 0 radical (unpaired) electrons.